The molecule has 0 N–H and O–H groups in total. The molecule has 0 bridgehead atoms. The number of ketones is 1. The summed E-state index contributed by atoms with van der Waals surface area (Å²) in [5.74, 6) is -0.988. The molecule has 1 aromatic carbocycles. The summed E-state index contributed by atoms with van der Waals surface area (Å²) < 4.78 is 25.9. The van der Waals surface area contributed by atoms with Gasteiger partial charge in [0.05, 0.1) is 4.90 Å². The second-order valence-corrected chi connectivity index (χ2v) is 6.63. The Bertz CT molecular complexity index is 719. The minimum absolute atomic E-state index is 0.0595. The van der Waals surface area contributed by atoms with Crippen LogP contribution in [0.3, 0.4) is 0 Å². The molecular weight excluding hydrogens is 286 g/mol. The van der Waals surface area contributed by atoms with E-state index in [0.29, 0.717) is 10.6 Å². The van der Waals surface area contributed by atoms with Crippen molar-refractivity contribution in [3.8, 4) is 0 Å². The fraction of sp³-hybridized carbons (Fsp3) is 0.154. The Balaban J connectivity index is 2.25. The molecule has 6 heteroatoms. The van der Waals surface area contributed by atoms with Gasteiger partial charge in [0.15, 0.2) is 15.6 Å². The highest BCUT2D eigenvalue weighted by Crippen LogP contribution is 2.17. The van der Waals surface area contributed by atoms with Crippen LogP contribution in [-0.2, 0) is 16.9 Å². The zero-order chi connectivity index (χ0) is 14.0. The summed E-state index contributed by atoms with van der Waals surface area (Å²) in [5, 5.41) is 0.327. The SMILES string of the molecule is Cn1ccc(C(=O)CS(=O)(=O)c2cccc(Cl)c2)c1. The number of aryl methyl sites for hydroxylation is 1. The van der Waals surface area contributed by atoms with Crippen molar-refractivity contribution < 1.29 is 13.2 Å². The molecule has 0 saturated carbocycles. The Morgan fingerprint density at radius 3 is 2.63 bits per heavy atom. The van der Waals surface area contributed by atoms with Gasteiger partial charge in [-0.25, -0.2) is 8.42 Å². The van der Waals surface area contributed by atoms with Crippen molar-refractivity contribution in [2.45, 2.75) is 4.90 Å². The average Bonchev–Trinajstić information content (AvgIpc) is 2.75. The number of hydrogen-bond donors (Lipinski definition) is 0. The molecular formula is C13H12ClNO3S. The number of hydrogen-bond acceptors (Lipinski definition) is 3. The fourth-order valence-electron chi connectivity index (χ4n) is 1.67. The van der Waals surface area contributed by atoms with Gasteiger partial charge in [-0.05, 0) is 24.3 Å². The molecule has 1 aromatic heterocycles. The van der Waals surface area contributed by atoms with E-state index in [1.807, 2.05) is 0 Å². The summed E-state index contributed by atoms with van der Waals surface area (Å²) >= 11 is 5.76. The molecule has 0 amide bonds. The summed E-state index contributed by atoms with van der Waals surface area (Å²) in [6.45, 7) is 0. The van der Waals surface area contributed by atoms with Crippen LogP contribution in [0.25, 0.3) is 0 Å². The quantitative estimate of drug-likeness (QED) is 0.814. The highest BCUT2D eigenvalue weighted by atomic mass is 35.5. The summed E-state index contributed by atoms with van der Waals surface area (Å²) in [6.07, 6.45) is 3.29. The first kappa shape index (κ1) is 13.8. The number of Topliss-reactive ketones (excluding diaryl/α,β-unsaturated/α-hetero) is 1. The molecule has 2 rings (SSSR count). The Kier molecular flexibility index (Phi) is 3.78. The third kappa shape index (κ3) is 3.24. The first-order valence-electron chi connectivity index (χ1n) is 5.52. The van der Waals surface area contributed by atoms with E-state index in [1.54, 1.807) is 42.2 Å². The van der Waals surface area contributed by atoms with Gasteiger partial charge in [-0.2, -0.15) is 0 Å². The molecule has 0 radical (unpaired) electrons. The average molecular weight is 298 g/mol. The third-order valence-electron chi connectivity index (χ3n) is 2.63. The predicted octanol–water partition coefficient (Wildman–Crippen LogP) is 2.34. The van der Waals surface area contributed by atoms with Crippen molar-refractivity contribution in [3.63, 3.8) is 0 Å². The number of nitrogens with zero attached hydrogens (tertiary/aromatic N) is 1. The predicted molar refractivity (Wildman–Crippen MR) is 73.2 cm³/mol. The maximum absolute atomic E-state index is 12.1. The smallest absolute Gasteiger partial charge is 0.185 e. The number of benzene rings is 1. The van der Waals surface area contributed by atoms with Crippen LogP contribution >= 0.6 is 11.6 Å². The van der Waals surface area contributed by atoms with Crippen LogP contribution in [0.5, 0.6) is 0 Å². The van der Waals surface area contributed by atoms with E-state index in [-0.39, 0.29) is 4.90 Å². The van der Waals surface area contributed by atoms with Crippen molar-refractivity contribution >= 4 is 27.2 Å². The standard InChI is InChI=1S/C13H12ClNO3S/c1-15-6-5-10(8-15)13(16)9-19(17,18)12-4-2-3-11(14)7-12/h2-8H,9H2,1H3. The van der Waals surface area contributed by atoms with Crippen LogP contribution in [0.1, 0.15) is 10.4 Å². The topological polar surface area (TPSA) is 56.1 Å². The second-order valence-electron chi connectivity index (χ2n) is 4.21. The first-order valence-corrected chi connectivity index (χ1v) is 7.55. The van der Waals surface area contributed by atoms with Gasteiger partial charge in [-0.3, -0.25) is 4.79 Å². The minimum Gasteiger partial charge on any atom is -0.357 e. The Labute approximate surface area is 116 Å². The van der Waals surface area contributed by atoms with E-state index in [4.69, 9.17) is 11.6 Å². The van der Waals surface area contributed by atoms with Crippen molar-refractivity contribution in [3.05, 3.63) is 53.3 Å². The normalized spacial score (nSPS) is 11.5. The monoisotopic (exact) mass is 297 g/mol. The second kappa shape index (κ2) is 5.19. The van der Waals surface area contributed by atoms with Crippen LogP contribution in [0.2, 0.25) is 5.02 Å². The van der Waals surface area contributed by atoms with Gasteiger partial charge in [-0.15, -0.1) is 0 Å². The van der Waals surface area contributed by atoms with Gasteiger partial charge in [0.1, 0.15) is 5.75 Å². The van der Waals surface area contributed by atoms with Crippen molar-refractivity contribution in [2.24, 2.45) is 7.05 Å². The molecule has 19 heavy (non-hydrogen) atoms. The lowest BCUT2D eigenvalue weighted by molar-refractivity contribution is 0.102. The number of carbonyl (C=O) groups is 1. The number of aromatic nitrogens is 1. The summed E-state index contributed by atoms with van der Waals surface area (Å²) in [6, 6.07) is 7.49. The molecule has 4 nitrogen and oxygen atoms in total. The van der Waals surface area contributed by atoms with Crippen molar-refractivity contribution in [1.82, 2.24) is 4.57 Å². The van der Waals surface area contributed by atoms with E-state index < -0.39 is 21.4 Å². The molecule has 0 unspecified atom stereocenters. The number of rotatable bonds is 4. The molecule has 100 valence electrons. The van der Waals surface area contributed by atoms with Gasteiger partial charge in [-0.1, -0.05) is 17.7 Å². The van der Waals surface area contributed by atoms with Crippen LogP contribution in [0.4, 0.5) is 0 Å². The molecule has 0 fully saturated rings. The van der Waals surface area contributed by atoms with E-state index >= 15 is 0 Å². The van der Waals surface area contributed by atoms with Gasteiger partial charge in [0.2, 0.25) is 0 Å². The van der Waals surface area contributed by atoms with Crippen molar-refractivity contribution in [1.29, 1.82) is 0 Å². The maximum Gasteiger partial charge on any atom is 0.185 e. The van der Waals surface area contributed by atoms with Gasteiger partial charge < -0.3 is 4.57 Å². The van der Waals surface area contributed by atoms with E-state index in [1.165, 1.54) is 12.1 Å². The Hall–Kier alpha value is -1.59. The van der Waals surface area contributed by atoms with Gasteiger partial charge in [0, 0.05) is 30.0 Å². The number of carbonyl (C=O) groups excluding carboxylic acids is 1. The van der Waals surface area contributed by atoms with Crippen LogP contribution in [0.15, 0.2) is 47.6 Å². The lowest BCUT2D eigenvalue weighted by Crippen LogP contribution is -2.16. The van der Waals surface area contributed by atoms with E-state index in [9.17, 15) is 13.2 Å². The molecule has 1 heterocycles. The molecule has 0 aliphatic heterocycles. The van der Waals surface area contributed by atoms with E-state index in [2.05, 4.69) is 0 Å². The zero-order valence-corrected chi connectivity index (χ0v) is 11.8. The fourth-order valence-corrected chi connectivity index (χ4v) is 3.19. The lowest BCUT2D eigenvalue weighted by atomic mass is 10.2. The first-order chi connectivity index (χ1) is 8.88. The molecule has 0 saturated heterocycles. The maximum atomic E-state index is 12.1. The highest BCUT2D eigenvalue weighted by molar-refractivity contribution is 7.92. The largest absolute Gasteiger partial charge is 0.357 e. The molecule has 2 aromatic rings. The zero-order valence-electron chi connectivity index (χ0n) is 10.2. The lowest BCUT2D eigenvalue weighted by Gasteiger charge is -2.03. The third-order valence-corrected chi connectivity index (χ3v) is 4.48. The molecule has 0 spiro atoms. The highest BCUT2D eigenvalue weighted by Gasteiger charge is 2.21. The molecule has 0 aliphatic rings. The van der Waals surface area contributed by atoms with Crippen LogP contribution in [-0.4, -0.2) is 24.5 Å². The Morgan fingerprint density at radius 2 is 2.05 bits per heavy atom. The minimum atomic E-state index is -3.66. The summed E-state index contributed by atoms with van der Waals surface area (Å²) in [4.78, 5) is 12.0. The molecule has 0 aliphatic carbocycles. The van der Waals surface area contributed by atoms with Gasteiger partial charge in [0.25, 0.3) is 0 Å². The van der Waals surface area contributed by atoms with E-state index in [0.717, 1.165) is 0 Å². The van der Waals surface area contributed by atoms with Crippen molar-refractivity contribution in [2.75, 3.05) is 5.75 Å². The number of halogens is 1. The number of sulfone groups is 1. The van der Waals surface area contributed by atoms with Crippen LogP contribution < -0.4 is 0 Å². The van der Waals surface area contributed by atoms with Gasteiger partial charge >= 0.3 is 0 Å². The Morgan fingerprint density at radius 1 is 1.32 bits per heavy atom. The molecule has 0 atom stereocenters. The summed E-state index contributed by atoms with van der Waals surface area (Å²) in [7, 11) is -1.90. The summed E-state index contributed by atoms with van der Waals surface area (Å²) in [5.41, 5.74) is 0.383. The van der Waals surface area contributed by atoms with Crippen LogP contribution in [0, 0.1) is 0 Å².